The summed E-state index contributed by atoms with van der Waals surface area (Å²) in [6.45, 7) is 0. The quantitative estimate of drug-likeness (QED) is 0.691. The SMILES string of the molecule is O=Cc1ccn2c(Cc3ccccc3C(F)(F)F)ncc2c1. The molecule has 6 heteroatoms. The molecule has 112 valence electrons. The van der Waals surface area contributed by atoms with Gasteiger partial charge in [-0.25, -0.2) is 4.98 Å². The van der Waals surface area contributed by atoms with E-state index in [9.17, 15) is 18.0 Å². The smallest absolute Gasteiger partial charge is 0.303 e. The molecule has 0 saturated heterocycles. The average Bonchev–Trinajstić information content (AvgIpc) is 2.89. The Morgan fingerprint density at radius 2 is 1.95 bits per heavy atom. The molecule has 2 aromatic heterocycles. The van der Waals surface area contributed by atoms with Crippen LogP contribution >= 0.6 is 0 Å². The van der Waals surface area contributed by atoms with Crippen molar-refractivity contribution in [2.45, 2.75) is 12.6 Å². The maximum absolute atomic E-state index is 13.0. The average molecular weight is 304 g/mol. The second-order valence-electron chi connectivity index (χ2n) is 4.88. The highest BCUT2D eigenvalue weighted by atomic mass is 19.4. The van der Waals surface area contributed by atoms with E-state index in [4.69, 9.17) is 0 Å². The number of pyridine rings is 1. The number of carbonyl (C=O) groups is 1. The van der Waals surface area contributed by atoms with Crippen molar-refractivity contribution in [3.63, 3.8) is 0 Å². The Morgan fingerprint density at radius 3 is 2.68 bits per heavy atom. The number of aldehydes is 1. The van der Waals surface area contributed by atoms with Crippen LogP contribution in [0.5, 0.6) is 0 Å². The third-order valence-electron chi connectivity index (χ3n) is 3.44. The first-order chi connectivity index (χ1) is 10.5. The number of nitrogens with zero attached hydrogens (tertiary/aromatic N) is 2. The van der Waals surface area contributed by atoms with Crippen molar-refractivity contribution in [2.75, 3.05) is 0 Å². The van der Waals surface area contributed by atoms with Crippen molar-refractivity contribution < 1.29 is 18.0 Å². The minimum absolute atomic E-state index is 0.0598. The molecule has 0 saturated carbocycles. The number of hydrogen-bond donors (Lipinski definition) is 0. The van der Waals surface area contributed by atoms with Crippen LogP contribution in [0.1, 0.15) is 27.3 Å². The molecule has 1 aromatic carbocycles. The Balaban J connectivity index is 2.03. The number of fused-ring (bicyclic) bond motifs is 1. The molecule has 0 radical (unpaired) electrons. The van der Waals surface area contributed by atoms with Crippen LogP contribution in [0.15, 0.2) is 48.8 Å². The highest BCUT2D eigenvalue weighted by Crippen LogP contribution is 2.32. The molecular weight excluding hydrogens is 293 g/mol. The summed E-state index contributed by atoms with van der Waals surface area (Å²) < 4.78 is 40.8. The highest BCUT2D eigenvalue weighted by Gasteiger charge is 2.33. The van der Waals surface area contributed by atoms with Gasteiger partial charge in [0.2, 0.25) is 0 Å². The van der Waals surface area contributed by atoms with Crippen molar-refractivity contribution in [1.29, 1.82) is 0 Å². The van der Waals surface area contributed by atoms with E-state index in [1.807, 2.05) is 0 Å². The number of halogens is 3. The van der Waals surface area contributed by atoms with E-state index in [1.165, 1.54) is 12.1 Å². The van der Waals surface area contributed by atoms with Crippen LogP contribution in [-0.2, 0) is 12.6 Å². The molecule has 0 spiro atoms. The van der Waals surface area contributed by atoms with E-state index >= 15 is 0 Å². The van der Waals surface area contributed by atoms with Crippen LogP contribution in [-0.4, -0.2) is 15.7 Å². The van der Waals surface area contributed by atoms with Gasteiger partial charge in [0.05, 0.1) is 17.3 Å². The maximum Gasteiger partial charge on any atom is 0.416 e. The Kier molecular flexibility index (Phi) is 3.44. The summed E-state index contributed by atoms with van der Waals surface area (Å²) in [5, 5.41) is 0. The molecule has 0 unspecified atom stereocenters. The van der Waals surface area contributed by atoms with E-state index in [0.29, 0.717) is 23.2 Å². The van der Waals surface area contributed by atoms with Crippen LogP contribution in [0, 0.1) is 0 Å². The van der Waals surface area contributed by atoms with Crippen molar-refractivity contribution >= 4 is 11.8 Å². The van der Waals surface area contributed by atoms with Crippen molar-refractivity contribution in [1.82, 2.24) is 9.38 Å². The van der Waals surface area contributed by atoms with Gasteiger partial charge in [-0.2, -0.15) is 13.2 Å². The van der Waals surface area contributed by atoms with Gasteiger partial charge in [-0.1, -0.05) is 18.2 Å². The van der Waals surface area contributed by atoms with E-state index in [0.717, 1.165) is 6.07 Å². The minimum atomic E-state index is -4.39. The van der Waals surface area contributed by atoms with Crippen LogP contribution in [0.2, 0.25) is 0 Å². The Morgan fingerprint density at radius 1 is 1.18 bits per heavy atom. The number of aromatic nitrogens is 2. The third-order valence-corrected chi connectivity index (χ3v) is 3.44. The molecule has 0 bridgehead atoms. The predicted octanol–water partition coefficient (Wildman–Crippen LogP) is 3.76. The van der Waals surface area contributed by atoms with Gasteiger partial charge in [-0.3, -0.25) is 4.79 Å². The molecule has 3 rings (SSSR count). The third kappa shape index (κ3) is 2.59. The van der Waals surface area contributed by atoms with E-state index in [-0.39, 0.29) is 12.0 Å². The molecule has 2 heterocycles. The summed E-state index contributed by atoms with van der Waals surface area (Å²) >= 11 is 0. The Bertz CT molecular complexity index is 837. The zero-order valence-corrected chi connectivity index (χ0v) is 11.3. The van der Waals surface area contributed by atoms with Crippen LogP contribution in [0.3, 0.4) is 0 Å². The molecule has 0 amide bonds. The van der Waals surface area contributed by atoms with Gasteiger partial charge in [-0.05, 0) is 23.8 Å². The fraction of sp³-hybridized carbons (Fsp3) is 0.125. The lowest BCUT2D eigenvalue weighted by atomic mass is 10.0. The number of imidazole rings is 1. The standard InChI is InChI=1S/C16H11F3N2O/c17-16(18,19)14-4-2-1-3-12(14)8-15-20-9-13-7-11(10-22)5-6-21(13)15/h1-7,9-10H,8H2. The second-order valence-corrected chi connectivity index (χ2v) is 4.88. The zero-order valence-electron chi connectivity index (χ0n) is 11.3. The highest BCUT2D eigenvalue weighted by molar-refractivity contribution is 5.77. The number of hydrogen-bond acceptors (Lipinski definition) is 2. The summed E-state index contributed by atoms with van der Waals surface area (Å²) in [6.07, 6.45) is -0.444. The molecule has 0 fully saturated rings. The monoisotopic (exact) mass is 304 g/mol. The molecule has 0 N–H and O–H groups in total. The molecule has 3 nitrogen and oxygen atoms in total. The Hall–Kier alpha value is -2.63. The summed E-state index contributed by atoms with van der Waals surface area (Å²) in [4.78, 5) is 14.9. The van der Waals surface area contributed by atoms with Gasteiger partial charge >= 0.3 is 6.18 Å². The fourth-order valence-corrected chi connectivity index (χ4v) is 2.40. The van der Waals surface area contributed by atoms with Crippen LogP contribution < -0.4 is 0 Å². The molecule has 0 aliphatic heterocycles. The van der Waals surface area contributed by atoms with Crippen LogP contribution in [0.4, 0.5) is 13.2 Å². The van der Waals surface area contributed by atoms with E-state index < -0.39 is 11.7 Å². The first-order valence-electron chi connectivity index (χ1n) is 6.55. The lowest BCUT2D eigenvalue weighted by molar-refractivity contribution is -0.138. The zero-order chi connectivity index (χ0) is 15.7. The topological polar surface area (TPSA) is 34.4 Å². The minimum Gasteiger partial charge on any atom is -0.303 e. The largest absolute Gasteiger partial charge is 0.416 e. The molecule has 0 aliphatic rings. The number of rotatable bonds is 3. The first-order valence-corrected chi connectivity index (χ1v) is 6.55. The van der Waals surface area contributed by atoms with Gasteiger partial charge < -0.3 is 4.40 Å². The molecule has 22 heavy (non-hydrogen) atoms. The molecule has 0 aliphatic carbocycles. The van der Waals surface area contributed by atoms with Crippen molar-refractivity contribution in [3.8, 4) is 0 Å². The normalized spacial score (nSPS) is 11.8. The van der Waals surface area contributed by atoms with Crippen molar-refractivity contribution in [2.24, 2.45) is 0 Å². The lowest BCUT2D eigenvalue weighted by Crippen LogP contribution is -2.10. The summed E-state index contributed by atoms with van der Waals surface area (Å²) in [7, 11) is 0. The molecular formula is C16H11F3N2O. The first kappa shape index (κ1) is 14.3. The summed E-state index contributed by atoms with van der Waals surface area (Å²) in [5.41, 5.74) is 0.678. The van der Waals surface area contributed by atoms with Gasteiger partial charge in [0.15, 0.2) is 0 Å². The number of carbonyl (C=O) groups excluding carboxylic acids is 1. The van der Waals surface area contributed by atoms with E-state index in [2.05, 4.69) is 4.98 Å². The molecule has 3 aromatic rings. The predicted molar refractivity (Wildman–Crippen MR) is 74.8 cm³/mol. The lowest BCUT2D eigenvalue weighted by Gasteiger charge is -2.12. The van der Waals surface area contributed by atoms with Gasteiger partial charge in [0, 0.05) is 18.2 Å². The maximum atomic E-state index is 13.0. The van der Waals surface area contributed by atoms with Gasteiger partial charge in [-0.15, -0.1) is 0 Å². The van der Waals surface area contributed by atoms with Crippen molar-refractivity contribution in [3.05, 3.63) is 71.3 Å². The fourth-order valence-electron chi connectivity index (χ4n) is 2.40. The Labute approximate surface area is 124 Å². The number of alkyl halides is 3. The summed E-state index contributed by atoms with van der Waals surface area (Å²) in [5.74, 6) is 0.490. The van der Waals surface area contributed by atoms with Crippen LogP contribution in [0.25, 0.3) is 5.52 Å². The van der Waals surface area contributed by atoms with E-state index in [1.54, 1.807) is 35.0 Å². The second kappa shape index (κ2) is 5.29. The summed E-state index contributed by atoms with van der Waals surface area (Å²) in [6, 6.07) is 8.69. The number of benzene rings is 1. The molecule has 0 atom stereocenters. The van der Waals surface area contributed by atoms with Gasteiger partial charge in [0.25, 0.3) is 0 Å². The van der Waals surface area contributed by atoms with Gasteiger partial charge in [0.1, 0.15) is 12.1 Å².